The molecule has 0 spiro atoms. The minimum absolute atomic E-state index is 0. The molecule has 2 heterocycles. The Hall–Kier alpha value is -1.46. The van der Waals surface area contributed by atoms with Crippen LogP contribution in [-0.2, 0) is 11.2 Å². The Bertz CT molecular complexity index is 801. The molecule has 1 amide bonds. The van der Waals surface area contributed by atoms with Crippen LogP contribution in [0.5, 0.6) is 0 Å². The minimum atomic E-state index is 0. The molecule has 0 unspecified atom stereocenters. The lowest BCUT2D eigenvalue weighted by Gasteiger charge is -2.34. The number of carbonyl (C=O) groups excluding carboxylic acids is 1. The third kappa shape index (κ3) is 6.07. The predicted octanol–water partition coefficient (Wildman–Crippen LogP) is 6.77. The minimum Gasteiger partial charge on any atom is -0.323 e. The van der Waals surface area contributed by atoms with Gasteiger partial charge in [0, 0.05) is 30.4 Å². The van der Waals surface area contributed by atoms with Gasteiger partial charge in [0.05, 0.1) is 0 Å². The van der Waals surface area contributed by atoms with Crippen molar-refractivity contribution in [3.8, 4) is 0 Å². The van der Waals surface area contributed by atoms with Gasteiger partial charge >= 0.3 is 0 Å². The summed E-state index contributed by atoms with van der Waals surface area (Å²) in [6, 6.07) is 8.44. The first kappa shape index (κ1) is 24.2. The van der Waals surface area contributed by atoms with E-state index in [2.05, 4.69) is 46.4 Å². The summed E-state index contributed by atoms with van der Waals surface area (Å²) in [6.45, 7) is 4.14. The number of amidine groups is 1. The van der Waals surface area contributed by atoms with Crippen molar-refractivity contribution in [2.24, 2.45) is 10.9 Å². The average Bonchev–Trinajstić information content (AvgIpc) is 3.10. The molecular formula is C25H36ClN3OS. The van der Waals surface area contributed by atoms with Gasteiger partial charge in [-0.1, -0.05) is 57.6 Å². The van der Waals surface area contributed by atoms with E-state index in [1.165, 1.54) is 69.0 Å². The zero-order valence-corrected chi connectivity index (χ0v) is 20.3. The van der Waals surface area contributed by atoms with Gasteiger partial charge in [0.25, 0.3) is 5.91 Å². The fourth-order valence-electron chi connectivity index (χ4n) is 4.46. The zero-order valence-electron chi connectivity index (χ0n) is 18.7. The number of carbonyl (C=O) groups is 1. The van der Waals surface area contributed by atoms with E-state index in [9.17, 15) is 4.79 Å². The summed E-state index contributed by atoms with van der Waals surface area (Å²) in [6.07, 6.45) is 13.8. The summed E-state index contributed by atoms with van der Waals surface area (Å²) in [5.74, 6) is 0.562. The molecule has 0 saturated heterocycles. The van der Waals surface area contributed by atoms with Crippen molar-refractivity contribution in [2.75, 3.05) is 18.4 Å². The molecule has 0 radical (unpaired) electrons. The molecule has 1 aromatic carbocycles. The number of halogens is 1. The fourth-order valence-corrected chi connectivity index (χ4v) is 5.63. The third-order valence-corrected chi connectivity index (χ3v) is 7.59. The molecule has 1 fully saturated rings. The van der Waals surface area contributed by atoms with Crippen LogP contribution in [0.15, 0.2) is 39.9 Å². The van der Waals surface area contributed by atoms with Gasteiger partial charge in [-0.25, -0.2) is 0 Å². The van der Waals surface area contributed by atoms with E-state index in [0.717, 1.165) is 41.7 Å². The number of unbranched alkanes of at least 4 members (excludes halogenated alkanes) is 5. The number of benzene rings is 1. The Morgan fingerprint density at radius 2 is 1.84 bits per heavy atom. The highest BCUT2D eigenvalue weighted by atomic mass is 35.5. The topological polar surface area (TPSA) is 44.7 Å². The van der Waals surface area contributed by atoms with E-state index >= 15 is 0 Å². The molecule has 170 valence electrons. The number of nitrogens with one attached hydrogen (secondary N) is 1. The molecule has 1 aliphatic carbocycles. The Morgan fingerprint density at radius 3 is 2.55 bits per heavy atom. The number of thioether (sulfide) groups is 1. The van der Waals surface area contributed by atoms with Gasteiger partial charge < -0.3 is 10.2 Å². The highest BCUT2D eigenvalue weighted by molar-refractivity contribution is 8.18. The van der Waals surface area contributed by atoms with Crippen LogP contribution < -0.4 is 5.32 Å². The van der Waals surface area contributed by atoms with Crippen molar-refractivity contribution in [3.63, 3.8) is 0 Å². The molecule has 4 nitrogen and oxygen atoms in total. The second-order valence-corrected chi connectivity index (χ2v) is 9.76. The number of amides is 1. The molecule has 0 bridgehead atoms. The normalized spacial score (nSPS) is 18.2. The summed E-state index contributed by atoms with van der Waals surface area (Å²) in [4.78, 5) is 21.0. The first-order valence-electron chi connectivity index (χ1n) is 11.9. The van der Waals surface area contributed by atoms with E-state index in [0.29, 0.717) is 5.92 Å². The van der Waals surface area contributed by atoms with Crippen LogP contribution in [0.4, 0.5) is 5.69 Å². The second-order valence-electron chi connectivity index (χ2n) is 8.78. The summed E-state index contributed by atoms with van der Waals surface area (Å²) in [5.41, 5.74) is 3.49. The lowest BCUT2D eigenvalue weighted by atomic mass is 9.82. The molecule has 1 saturated carbocycles. The highest BCUT2D eigenvalue weighted by Crippen LogP contribution is 2.46. The maximum atomic E-state index is 13.1. The molecule has 1 N–H and O–H groups in total. The van der Waals surface area contributed by atoms with Crippen LogP contribution in [0.25, 0.3) is 0 Å². The van der Waals surface area contributed by atoms with Crippen LogP contribution in [0.1, 0.15) is 76.7 Å². The zero-order chi connectivity index (χ0) is 20.8. The standard InChI is InChI=1S/C25H35N3OS.ClH/c1-2-3-4-5-6-7-10-19-13-15-21(16-14-19)27-24(29)23-22(20-11-8-12-20)28-18-9-17-26-25(28)30-23;/h13-16,20H,2-12,17-18H2,1H3,(H,27,29);1H. The summed E-state index contributed by atoms with van der Waals surface area (Å²) < 4.78 is 0. The van der Waals surface area contributed by atoms with Gasteiger partial charge in [0.15, 0.2) is 5.17 Å². The Kier molecular flexibility index (Phi) is 9.33. The Labute approximate surface area is 197 Å². The van der Waals surface area contributed by atoms with Crippen molar-refractivity contribution in [1.29, 1.82) is 0 Å². The fraction of sp³-hybridized carbons (Fsp3) is 0.600. The van der Waals surface area contributed by atoms with Crippen LogP contribution >= 0.6 is 24.2 Å². The van der Waals surface area contributed by atoms with Crippen LogP contribution in [-0.4, -0.2) is 29.1 Å². The SMILES string of the molecule is CCCCCCCCc1ccc(NC(=O)C2=C(C3CCC3)N3CCCN=C3S2)cc1.Cl. The van der Waals surface area contributed by atoms with E-state index in [1.807, 2.05) is 0 Å². The number of aryl methyl sites for hydroxylation is 1. The number of rotatable bonds is 10. The Morgan fingerprint density at radius 1 is 1.10 bits per heavy atom. The third-order valence-electron chi connectivity index (χ3n) is 6.46. The number of hydrogen-bond donors (Lipinski definition) is 1. The summed E-state index contributed by atoms with van der Waals surface area (Å²) >= 11 is 1.57. The molecule has 0 atom stereocenters. The van der Waals surface area contributed by atoms with E-state index in [-0.39, 0.29) is 18.3 Å². The molecule has 4 rings (SSSR count). The average molecular weight is 462 g/mol. The van der Waals surface area contributed by atoms with Gasteiger partial charge in [-0.2, -0.15) is 0 Å². The van der Waals surface area contributed by atoms with Gasteiger partial charge in [0.1, 0.15) is 4.91 Å². The van der Waals surface area contributed by atoms with Gasteiger partial charge in [-0.15, -0.1) is 12.4 Å². The number of allylic oxidation sites excluding steroid dienone is 1. The largest absolute Gasteiger partial charge is 0.323 e. The van der Waals surface area contributed by atoms with Gasteiger partial charge in [-0.3, -0.25) is 9.79 Å². The second kappa shape index (κ2) is 12.0. The lowest BCUT2D eigenvalue weighted by molar-refractivity contribution is -0.112. The van der Waals surface area contributed by atoms with Crippen molar-refractivity contribution in [1.82, 2.24) is 4.90 Å². The van der Waals surface area contributed by atoms with Crippen LogP contribution in [0.2, 0.25) is 0 Å². The van der Waals surface area contributed by atoms with Gasteiger partial charge in [0.2, 0.25) is 0 Å². The van der Waals surface area contributed by atoms with Crippen molar-refractivity contribution < 1.29 is 4.79 Å². The van der Waals surface area contributed by atoms with Gasteiger partial charge in [-0.05, 0) is 61.6 Å². The molecule has 2 aliphatic heterocycles. The van der Waals surface area contributed by atoms with Crippen molar-refractivity contribution in [3.05, 3.63) is 40.4 Å². The summed E-state index contributed by atoms with van der Waals surface area (Å²) in [7, 11) is 0. The lowest BCUT2D eigenvalue weighted by Crippen LogP contribution is -2.34. The highest BCUT2D eigenvalue weighted by Gasteiger charge is 2.39. The van der Waals surface area contributed by atoms with Crippen LogP contribution in [0.3, 0.4) is 0 Å². The number of anilines is 1. The Balaban J connectivity index is 0.00000272. The first-order chi connectivity index (χ1) is 14.8. The van der Waals surface area contributed by atoms with E-state index < -0.39 is 0 Å². The monoisotopic (exact) mass is 461 g/mol. The van der Waals surface area contributed by atoms with E-state index in [1.54, 1.807) is 11.8 Å². The van der Waals surface area contributed by atoms with Crippen molar-refractivity contribution >= 4 is 40.9 Å². The molecule has 0 aromatic heterocycles. The summed E-state index contributed by atoms with van der Waals surface area (Å²) in [5, 5.41) is 4.18. The molecule has 1 aromatic rings. The quantitative estimate of drug-likeness (QED) is 0.391. The molecule has 6 heteroatoms. The van der Waals surface area contributed by atoms with Crippen molar-refractivity contribution in [2.45, 2.75) is 77.6 Å². The smallest absolute Gasteiger partial charge is 0.264 e. The first-order valence-corrected chi connectivity index (χ1v) is 12.7. The number of fused-ring (bicyclic) bond motifs is 1. The molecular weight excluding hydrogens is 426 g/mol. The number of hydrogen-bond acceptors (Lipinski definition) is 4. The van der Waals surface area contributed by atoms with E-state index in [4.69, 9.17) is 0 Å². The number of aliphatic imine (C=N–C) groups is 1. The predicted molar refractivity (Wildman–Crippen MR) is 135 cm³/mol. The molecule has 3 aliphatic rings. The maximum absolute atomic E-state index is 13.1. The maximum Gasteiger partial charge on any atom is 0.264 e. The number of nitrogens with zero attached hydrogens (tertiary/aromatic N) is 2. The molecule has 31 heavy (non-hydrogen) atoms. The van der Waals surface area contributed by atoms with Crippen LogP contribution in [0, 0.1) is 5.92 Å².